The summed E-state index contributed by atoms with van der Waals surface area (Å²) in [4.78, 5) is 12.0. The van der Waals surface area contributed by atoms with Crippen molar-refractivity contribution in [3.8, 4) is 0 Å². The molecule has 2 rings (SSSR count). The van der Waals surface area contributed by atoms with Crippen LogP contribution in [0.3, 0.4) is 0 Å². The Morgan fingerprint density at radius 1 is 1.10 bits per heavy atom. The number of nitrogens with one attached hydrogen (secondary N) is 1. The van der Waals surface area contributed by atoms with Crippen LogP contribution < -0.4 is 5.32 Å². The maximum Gasteiger partial charge on any atom is 0.224 e. The third-order valence-corrected chi connectivity index (χ3v) is 4.59. The number of anilines is 1. The average molecular weight is 335 g/mol. The molecule has 0 bridgehead atoms. The van der Waals surface area contributed by atoms with Crippen molar-refractivity contribution in [2.45, 2.75) is 44.9 Å². The Hall–Kier alpha value is -0.440. The Labute approximate surface area is 134 Å². The number of rotatable bonds is 4. The predicted molar refractivity (Wildman–Crippen MR) is 85.9 cm³/mol. The molecule has 0 heterocycles. The third-order valence-electron chi connectivity index (χ3n) is 3.78. The van der Waals surface area contributed by atoms with Crippen LogP contribution in [-0.4, -0.2) is 5.91 Å². The van der Waals surface area contributed by atoms with E-state index in [1.54, 1.807) is 12.1 Å². The fourth-order valence-corrected chi connectivity index (χ4v) is 3.59. The zero-order valence-electron chi connectivity index (χ0n) is 11.2. The zero-order chi connectivity index (χ0) is 14.5. The molecule has 0 saturated heterocycles. The van der Waals surface area contributed by atoms with Gasteiger partial charge in [-0.3, -0.25) is 4.79 Å². The van der Waals surface area contributed by atoms with Crippen LogP contribution in [-0.2, 0) is 4.79 Å². The molecule has 1 amide bonds. The molecule has 1 aromatic rings. The van der Waals surface area contributed by atoms with Crippen LogP contribution in [0.15, 0.2) is 12.1 Å². The van der Waals surface area contributed by atoms with Crippen LogP contribution in [0.25, 0.3) is 0 Å². The van der Waals surface area contributed by atoms with Crippen LogP contribution in [0.2, 0.25) is 15.1 Å². The molecule has 1 fully saturated rings. The van der Waals surface area contributed by atoms with Crippen LogP contribution >= 0.6 is 34.8 Å². The SMILES string of the molecule is O=C(CCC1CCCCC1)Nc1c(Cl)cc(Cl)cc1Cl. The van der Waals surface area contributed by atoms with E-state index in [0.717, 1.165) is 6.42 Å². The minimum atomic E-state index is -0.0401. The van der Waals surface area contributed by atoms with Gasteiger partial charge in [-0.05, 0) is 24.5 Å². The van der Waals surface area contributed by atoms with Gasteiger partial charge in [-0.2, -0.15) is 0 Å². The molecule has 1 aliphatic rings. The monoisotopic (exact) mass is 333 g/mol. The average Bonchev–Trinajstić information content (AvgIpc) is 2.42. The summed E-state index contributed by atoms with van der Waals surface area (Å²) >= 11 is 17.9. The van der Waals surface area contributed by atoms with E-state index in [4.69, 9.17) is 34.8 Å². The van der Waals surface area contributed by atoms with Gasteiger partial charge in [0.05, 0.1) is 15.7 Å². The van der Waals surface area contributed by atoms with Crippen molar-refractivity contribution in [2.24, 2.45) is 5.92 Å². The lowest BCUT2D eigenvalue weighted by atomic mass is 9.86. The summed E-state index contributed by atoms with van der Waals surface area (Å²) in [5.41, 5.74) is 0.450. The first-order valence-corrected chi connectivity index (χ1v) is 8.14. The highest BCUT2D eigenvalue weighted by Crippen LogP contribution is 2.34. The number of carbonyl (C=O) groups is 1. The number of amides is 1. The second-order valence-corrected chi connectivity index (χ2v) is 6.59. The van der Waals surface area contributed by atoms with Gasteiger partial charge in [0, 0.05) is 11.4 Å². The van der Waals surface area contributed by atoms with E-state index in [-0.39, 0.29) is 5.91 Å². The van der Waals surface area contributed by atoms with Crippen LogP contribution in [0.5, 0.6) is 0 Å². The number of hydrogen-bond donors (Lipinski definition) is 1. The lowest BCUT2D eigenvalue weighted by molar-refractivity contribution is -0.116. The smallest absolute Gasteiger partial charge is 0.224 e. The van der Waals surface area contributed by atoms with Crippen LogP contribution in [0.1, 0.15) is 44.9 Å². The first-order valence-electron chi connectivity index (χ1n) is 7.00. The molecule has 1 saturated carbocycles. The quantitative estimate of drug-likeness (QED) is 0.724. The van der Waals surface area contributed by atoms with Crippen molar-refractivity contribution in [1.82, 2.24) is 0 Å². The number of benzene rings is 1. The summed E-state index contributed by atoms with van der Waals surface area (Å²) in [6, 6.07) is 3.15. The fraction of sp³-hybridized carbons (Fsp3) is 0.533. The number of halogens is 3. The molecule has 1 aromatic carbocycles. The Balaban J connectivity index is 1.88. The van der Waals surface area contributed by atoms with E-state index in [0.29, 0.717) is 33.1 Å². The largest absolute Gasteiger partial charge is 0.324 e. The number of hydrogen-bond acceptors (Lipinski definition) is 1. The molecule has 20 heavy (non-hydrogen) atoms. The molecule has 5 heteroatoms. The van der Waals surface area contributed by atoms with Gasteiger partial charge in [-0.15, -0.1) is 0 Å². The fourth-order valence-electron chi connectivity index (χ4n) is 2.67. The molecule has 0 radical (unpaired) electrons. The highest BCUT2D eigenvalue weighted by molar-refractivity contribution is 6.42. The topological polar surface area (TPSA) is 29.1 Å². The molecule has 1 aliphatic carbocycles. The number of carbonyl (C=O) groups excluding carboxylic acids is 1. The van der Waals surface area contributed by atoms with Crippen LogP contribution in [0.4, 0.5) is 5.69 Å². The molecule has 2 nitrogen and oxygen atoms in total. The first-order chi connectivity index (χ1) is 9.56. The van der Waals surface area contributed by atoms with E-state index < -0.39 is 0 Å². The maximum atomic E-state index is 12.0. The normalized spacial score (nSPS) is 16.1. The minimum Gasteiger partial charge on any atom is -0.324 e. The van der Waals surface area contributed by atoms with Gasteiger partial charge < -0.3 is 5.32 Å². The zero-order valence-corrected chi connectivity index (χ0v) is 13.5. The van der Waals surface area contributed by atoms with Crippen molar-refractivity contribution in [3.63, 3.8) is 0 Å². The second kappa shape index (κ2) is 7.53. The molecular formula is C15H18Cl3NO. The van der Waals surface area contributed by atoms with Gasteiger partial charge in [0.2, 0.25) is 5.91 Å². The van der Waals surface area contributed by atoms with Crippen molar-refractivity contribution >= 4 is 46.4 Å². The Morgan fingerprint density at radius 2 is 1.70 bits per heavy atom. The molecule has 0 unspecified atom stereocenters. The van der Waals surface area contributed by atoms with Gasteiger partial charge in [-0.25, -0.2) is 0 Å². The lowest BCUT2D eigenvalue weighted by Gasteiger charge is -2.21. The maximum absolute atomic E-state index is 12.0. The van der Waals surface area contributed by atoms with E-state index in [1.807, 2.05) is 0 Å². The standard InChI is InChI=1S/C15H18Cl3NO/c16-11-8-12(17)15(13(18)9-11)19-14(20)7-6-10-4-2-1-3-5-10/h8-10H,1-7H2,(H,19,20). The van der Waals surface area contributed by atoms with Gasteiger partial charge in [0.15, 0.2) is 0 Å². The van der Waals surface area contributed by atoms with Crippen molar-refractivity contribution in [3.05, 3.63) is 27.2 Å². The summed E-state index contributed by atoms with van der Waals surface area (Å²) in [5.74, 6) is 0.646. The highest BCUT2D eigenvalue weighted by atomic mass is 35.5. The van der Waals surface area contributed by atoms with E-state index in [2.05, 4.69) is 5.32 Å². The molecule has 0 spiro atoms. The van der Waals surface area contributed by atoms with Gasteiger partial charge in [0.25, 0.3) is 0 Å². The first kappa shape index (κ1) is 15.9. The molecule has 1 N–H and O–H groups in total. The molecular weight excluding hydrogens is 317 g/mol. The molecule has 0 aliphatic heterocycles. The third kappa shape index (κ3) is 4.54. The summed E-state index contributed by atoms with van der Waals surface area (Å²) < 4.78 is 0. The van der Waals surface area contributed by atoms with Crippen molar-refractivity contribution < 1.29 is 4.79 Å². The molecule has 110 valence electrons. The summed E-state index contributed by atoms with van der Waals surface area (Å²) in [5, 5.41) is 3.98. The Kier molecular flexibility index (Phi) is 6.01. The van der Waals surface area contributed by atoms with E-state index in [9.17, 15) is 4.79 Å². The summed E-state index contributed by atoms with van der Waals surface area (Å²) in [7, 11) is 0. The second-order valence-electron chi connectivity index (χ2n) is 5.34. The highest BCUT2D eigenvalue weighted by Gasteiger charge is 2.16. The van der Waals surface area contributed by atoms with Crippen molar-refractivity contribution in [1.29, 1.82) is 0 Å². The van der Waals surface area contributed by atoms with Gasteiger partial charge in [-0.1, -0.05) is 66.9 Å². The molecule has 0 atom stereocenters. The molecule has 0 aromatic heterocycles. The predicted octanol–water partition coefficient (Wildman–Crippen LogP) is 5.95. The summed E-state index contributed by atoms with van der Waals surface area (Å²) in [6.45, 7) is 0. The van der Waals surface area contributed by atoms with Crippen LogP contribution in [0, 0.1) is 5.92 Å². The van der Waals surface area contributed by atoms with E-state index >= 15 is 0 Å². The van der Waals surface area contributed by atoms with Crippen molar-refractivity contribution in [2.75, 3.05) is 5.32 Å². The Morgan fingerprint density at radius 3 is 2.30 bits per heavy atom. The minimum absolute atomic E-state index is 0.0401. The van der Waals surface area contributed by atoms with Gasteiger partial charge in [0.1, 0.15) is 0 Å². The summed E-state index contributed by atoms with van der Waals surface area (Å²) in [6.07, 6.45) is 7.86. The lowest BCUT2D eigenvalue weighted by Crippen LogP contribution is -2.15. The van der Waals surface area contributed by atoms with Gasteiger partial charge >= 0.3 is 0 Å². The Bertz CT molecular complexity index is 461. The van der Waals surface area contributed by atoms with E-state index in [1.165, 1.54) is 32.1 Å².